The van der Waals surface area contributed by atoms with Gasteiger partial charge in [-0.25, -0.2) is 0 Å². The number of nitrogens with zero attached hydrogens (tertiary/aromatic N) is 1. The van der Waals surface area contributed by atoms with E-state index in [1.54, 1.807) is 6.07 Å². The quantitative estimate of drug-likeness (QED) is 0.855. The lowest BCUT2D eigenvalue weighted by Gasteiger charge is -2.21. The van der Waals surface area contributed by atoms with Gasteiger partial charge in [0, 0.05) is 36.8 Å². The largest absolute Gasteiger partial charge is 0.508 e. The predicted molar refractivity (Wildman–Crippen MR) is 72.7 cm³/mol. The number of phenolic OH excluding ortho intramolecular Hbond substituents is 1. The minimum atomic E-state index is 0.218. The molecule has 2 fully saturated rings. The van der Waals surface area contributed by atoms with Crippen LogP contribution in [0.15, 0.2) is 24.3 Å². The second-order valence-electron chi connectivity index (χ2n) is 5.66. The SMILES string of the molecule is CC(NC1CCN(C2CC2)C1)c1ccccc1O. The Morgan fingerprint density at radius 2 is 2.06 bits per heavy atom. The van der Waals surface area contributed by atoms with Crippen molar-refractivity contribution >= 4 is 0 Å². The summed E-state index contributed by atoms with van der Waals surface area (Å²) in [5.41, 5.74) is 1.00. The standard InChI is InChI=1S/C15H22N2O/c1-11(14-4-2-3-5-15(14)18)16-12-8-9-17(10-12)13-6-7-13/h2-5,11-13,16,18H,6-10H2,1H3. The Bertz CT molecular complexity index is 417. The van der Waals surface area contributed by atoms with Gasteiger partial charge in [-0.3, -0.25) is 4.90 Å². The topological polar surface area (TPSA) is 35.5 Å². The second-order valence-corrected chi connectivity index (χ2v) is 5.66. The normalized spacial score (nSPS) is 26.4. The van der Waals surface area contributed by atoms with Crippen LogP contribution in [0.4, 0.5) is 0 Å². The molecule has 1 aromatic rings. The van der Waals surface area contributed by atoms with Crippen molar-refractivity contribution in [1.82, 2.24) is 10.2 Å². The minimum Gasteiger partial charge on any atom is -0.508 e. The molecule has 0 bridgehead atoms. The van der Waals surface area contributed by atoms with E-state index in [1.165, 1.54) is 32.4 Å². The van der Waals surface area contributed by atoms with Gasteiger partial charge in [0.2, 0.25) is 0 Å². The number of phenols is 1. The van der Waals surface area contributed by atoms with Crippen LogP contribution in [0.3, 0.4) is 0 Å². The van der Waals surface area contributed by atoms with Gasteiger partial charge in [0.1, 0.15) is 5.75 Å². The van der Waals surface area contributed by atoms with Crippen LogP contribution >= 0.6 is 0 Å². The molecule has 3 heteroatoms. The number of benzene rings is 1. The van der Waals surface area contributed by atoms with E-state index in [9.17, 15) is 5.11 Å². The zero-order valence-electron chi connectivity index (χ0n) is 11.0. The van der Waals surface area contributed by atoms with E-state index in [1.807, 2.05) is 18.2 Å². The molecule has 1 saturated heterocycles. The van der Waals surface area contributed by atoms with E-state index in [-0.39, 0.29) is 6.04 Å². The van der Waals surface area contributed by atoms with Crippen molar-refractivity contribution in [2.24, 2.45) is 0 Å². The number of para-hydroxylation sites is 1. The molecule has 3 nitrogen and oxygen atoms in total. The molecular weight excluding hydrogens is 224 g/mol. The smallest absolute Gasteiger partial charge is 0.120 e. The first-order valence-electron chi connectivity index (χ1n) is 7.02. The molecule has 2 unspecified atom stereocenters. The average molecular weight is 246 g/mol. The van der Waals surface area contributed by atoms with Gasteiger partial charge in [0.05, 0.1) is 0 Å². The third-order valence-corrected chi connectivity index (χ3v) is 4.17. The van der Waals surface area contributed by atoms with Crippen LogP contribution < -0.4 is 5.32 Å². The Kier molecular flexibility index (Phi) is 3.27. The predicted octanol–water partition coefficient (Wildman–Crippen LogP) is 2.28. The molecule has 2 N–H and O–H groups in total. The highest BCUT2D eigenvalue weighted by molar-refractivity contribution is 5.34. The summed E-state index contributed by atoms with van der Waals surface area (Å²) in [4.78, 5) is 2.61. The fourth-order valence-electron chi connectivity index (χ4n) is 2.99. The molecule has 0 radical (unpaired) electrons. The average Bonchev–Trinajstić information content (AvgIpc) is 3.11. The first kappa shape index (κ1) is 12.0. The number of hydrogen-bond acceptors (Lipinski definition) is 3. The Morgan fingerprint density at radius 3 is 2.78 bits per heavy atom. The molecule has 0 amide bonds. The summed E-state index contributed by atoms with van der Waals surface area (Å²) in [5, 5.41) is 13.5. The lowest BCUT2D eigenvalue weighted by atomic mass is 10.1. The first-order chi connectivity index (χ1) is 8.74. The van der Waals surface area contributed by atoms with E-state index in [0.717, 1.165) is 11.6 Å². The second kappa shape index (κ2) is 4.90. The zero-order chi connectivity index (χ0) is 12.5. The van der Waals surface area contributed by atoms with Crippen molar-refractivity contribution in [2.75, 3.05) is 13.1 Å². The Hall–Kier alpha value is -1.06. The summed E-state index contributed by atoms with van der Waals surface area (Å²) in [6, 6.07) is 9.28. The summed E-state index contributed by atoms with van der Waals surface area (Å²) in [5.74, 6) is 0.398. The summed E-state index contributed by atoms with van der Waals surface area (Å²) in [6.07, 6.45) is 4.01. The van der Waals surface area contributed by atoms with E-state index in [2.05, 4.69) is 17.1 Å². The summed E-state index contributed by atoms with van der Waals surface area (Å²) in [7, 11) is 0. The summed E-state index contributed by atoms with van der Waals surface area (Å²) >= 11 is 0. The maximum absolute atomic E-state index is 9.85. The van der Waals surface area contributed by atoms with Crippen molar-refractivity contribution < 1.29 is 5.11 Å². The van der Waals surface area contributed by atoms with E-state index in [0.29, 0.717) is 11.8 Å². The van der Waals surface area contributed by atoms with Crippen LogP contribution in [0.2, 0.25) is 0 Å². The van der Waals surface area contributed by atoms with Gasteiger partial charge < -0.3 is 10.4 Å². The molecule has 1 aliphatic carbocycles. The van der Waals surface area contributed by atoms with Gasteiger partial charge >= 0.3 is 0 Å². The van der Waals surface area contributed by atoms with Crippen LogP contribution in [-0.4, -0.2) is 35.2 Å². The molecule has 2 atom stereocenters. The Morgan fingerprint density at radius 1 is 1.28 bits per heavy atom. The number of likely N-dealkylation sites (tertiary alicyclic amines) is 1. The van der Waals surface area contributed by atoms with Crippen LogP contribution in [0.1, 0.15) is 37.8 Å². The van der Waals surface area contributed by atoms with Crippen LogP contribution in [-0.2, 0) is 0 Å². The van der Waals surface area contributed by atoms with Gasteiger partial charge in [-0.1, -0.05) is 18.2 Å². The van der Waals surface area contributed by atoms with Gasteiger partial charge in [-0.15, -0.1) is 0 Å². The molecule has 1 aliphatic heterocycles. The highest BCUT2D eigenvalue weighted by Gasteiger charge is 2.34. The van der Waals surface area contributed by atoms with E-state index >= 15 is 0 Å². The molecular formula is C15H22N2O. The van der Waals surface area contributed by atoms with Gasteiger partial charge in [0.15, 0.2) is 0 Å². The first-order valence-corrected chi connectivity index (χ1v) is 7.02. The molecule has 3 rings (SSSR count). The molecule has 18 heavy (non-hydrogen) atoms. The molecule has 98 valence electrons. The van der Waals surface area contributed by atoms with E-state index in [4.69, 9.17) is 0 Å². The van der Waals surface area contributed by atoms with E-state index < -0.39 is 0 Å². The van der Waals surface area contributed by atoms with Gasteiger partial charge in [-0.05, 0) is 32.3 Å². The highest BCUT2D eigenvalue weighted by Crippen LogP contribution is 2.31. The van der Waals surface area contributed by atoms with Gasteiger partial charge in [-0.2, -0.15) is 0 Å². The number of aromatic hydroxyl groups is 1. The number of hydrogen-bond donors (Lipinski definition) is 2. The highest BCUT2D eigenvalue weighted by atomic mass is 16.3. The molecule has 0 spiro atoms. The summed E-state index contributed by atoms with van der Waals surface area (Å²) < 4.78 is 0. The van der Waals surface area contributed by atoms with Crippen molar-refractivity contribution in [3.63, 3.8) is 0 Å². The number of rotatable bonds is 4. The Balaban J connectivity index is 1.58. The molecule has 0 aromatic heterocycles. The zero-order valence-corrected chi connectivity index (χ0v) is 11.0. The molecule has 1 heterocycles. The summed E-state index contributed by atoms with van der Waals surface area (Å²) in [6.45, 7) is 4.53. The lowest BCUT2D eigenvalue weighted by molar-refractivity contribution is 0.313. The van der Waals surface area contributed by atoms with Crippen LogP contribution in [0, 0.1) is 0 Å². The fraction of sp³-hybridized carbons (Fsp3) is 0.600. The third kappa shape index (κ3) is 2.52. The Labute approximate surface area is 109 Å². The van der Waals surface area contributed by atoms with Crippen molar-refractivity contribution in [3.05, 3.63) is 29.8 Å². The molecule has 2 aliphatic rings. The minimum absolute atomic E-state index is 0.218. The monoisotopic (exact) mass is 246 g/mol. The van der Waals surface area contributed by atoms with Crippen molar-refractivity contribution in [2.45, 2.75) is 44.3 Å². The van der Waals surface area contributed by atoms with Crippen molar-refractivity contribution in [1.29, 1.82) is 0 Å². The maximum Gasteiger partial charge on any atom is 0.120 e. The number of nitrogens with one attached hydrogen (secondary N) is 1. The molecule has 1 saturated carbocycles. The lowest BCUT2D eigenvalue weighted by Crippen LogP contribution is -2.34. The van der Waals surface area contributed by atoms with Crippen LogP contribution in [0.25, 0.3) is 0 Å². The third-order valence-electron chi connectivity index (χ3n) is 4.17. The van der Waals surface area contributed by atoms with Gasteiger partial charge in [0.25, 0.3) is 0 Å². The fourth-order valence-corrected chi connectivity index (χ4v) is 2.99. The molecule has 1 aromatic carbocycles. The van der Waals surface area contributed by atoms with Crippen LogP contribution in [0.5, 0.6) is 5.75 Å². The van der Waals surface area contributed by atoms with Crippen molar-refractivity contribution in [3.8, 4) is 5.75 Å². The maximum atomic E-state index is 9.85.